The third-order valence-electron chi connectivity index (χ3n) is 9.40. The van der Waals surface area contributed by atoms with Crippen molar-refractivity contribution in [3.8, 4) is 23.3 Å². The number of ether oxygens (including phenoxy) is 3. The Bertz CT molecular complexity index is 1230. The van der Waals surface area contributed by atoms with Crippen LogP contribution in [0.2, 0.25) is 0 Å². The molecular weight excluding hydrogens is 542 g/mol. The molecule has 9 nitrogen and oxygen atoms in total. The van der Waals surface area contributed by atoms with E-state index in [0.29, 0.717) is 29.1 Å². The fourth-order valence-electron chi connectivity index (χ4n) is 7.01. The van der Waals surface area contributed by atoms with E-state index in [9.17, 15) is 10.1 Å². The Hall–Kier alpha value is -3.32. The minimum Gasteiger partial charge on any atom is -0.493 e. The maximum Gasteiger partial charge on any atom is 0.219 e. The quantitative estimate of drug-likeness (QED) is 0.344. The van der Waals surface area contributed by atoms with Crippen LogP contribution in [0.1, 0.15) is 56.3 Å². The summed E-state index contributed by atoms with van der Waals surface area (Å²) in [7, 11) is 3.26. The number of benzene rings is 2. The van der Waals surface area contributed by atoms with Gasteiger partial charge in [-0.15, -0.1) is 0 Å². The van der Waals surface area contributed by atoms with Crippen molar-refractivity contribution in [1.82, 2.24) is 19.6 Å². The summed E-state index contributed by atoms with van der Waals surface area (Å²) in [4.78, 5) is 21.5. The van der Waals surface area contributed by atoms with Crippen LogP contribution < -0.4 is 14.2 Å². The summed E-state index contributed by atoms with van der Waals surface area (Å²) in [6.45, 7) is 11.1. The summed E-state index contributed by atoms with van der Waals surface area (Å²) >= 11 is 0. The van der Waals surface area contributed by atoms with E-state index < -0.39 is 0 Å². The van der Waals surface area contributed by atoms with Crippen molar-refractivity contribution in [2.45, 2.75) is 57.2 Å². The zero-order valence-corrected chi connectivity index (χ0v) is 26.0. The van der Waals surface area contributed by atoms with E-state index in [0.717, 1.165) is 83.1 Å². The first-order valence-electron chi connectivity index (χ1n) is 15.8. The molecule has 43 heavy (non-hydrogen) atoms. The molecule has 1 amide bonds. The maximum atomic E-state index is 11.6. The van der Waals surface area contributed by atoms with Crippen LogP contribution in [0.3, 0.4) is 0 Å². The zero-order valence-electron chi connectivity index (χ0n) is 26.0. The van der Waals surface area contributed by atoms with Gasteiger partial charge in [0.1, 0.15) is 11.9 Å². The van der Waals surface area contributed by atoms with Gasteiger partial charge >= 0.3 is 0 Å². The monoisotopic (exact) mass is 589 g/mol. The molecular formula is C34H47N5O4. The molecule has 2 aromatic rings. The van der Waals surface area contributed by atoms with Gasteiger partial charge < -0.3 is 24.0 Å². The molecule has 0 saturated carbocycles. The molecule has 0 radical (unpaired) electrons. The Kier molecular flexibility index (Phi) is 10.8. The van der Waals surface area contributed by atoms with Crippen LogP contribution in [0.15, 0.2) is 42.5 Å². The van der Waals surface area contributed by atoms with Crippen LogP contribution in [0.4, 0.5) is 0 Å². The predicted octanol–water partition coefficient (Wildman–Crippen LogP) is 4.18. The number of likely N-dealkylation sites (tertiary alicyclic amines) is 1. The molecule has 2 bridgehead atoms. The number of carbonyl (C=O) groups is 1. The van der Waals surface area contributed by atoms with Crippen molar-refractivity contribution < 1.29 is 19.0 Å². The summed E-state index contributed by atoms with van der Waals surface area (Å²) in [6, 6.07) is 16.9. The fourth-order valence-corrected chi connectivity index (χ4v) is 7.01. The highest BCUT2D eigenvalue weighted by atomic mass is 16.5. The fraction of sp³-hybridized carbons (Fsp3) is 0.588. The summed E-state index contributed by atoms with van der Waals surface area (Å²) < 4.78 is 17.4. The average Bonchev–Trinajstić information content (AvgIpc) is 3.27. The standard InChI is InChI=1S/C34H47N5O4/c1-26(40)38-20-18-36(19-21-38)15-5-16-37-24-29-11-12-30(25-37)39(29)17-4-6-32(28-9-7-27(23-35)8-10-28)43-31-13-14-33(41-2)34(22-31)42-3/h7-10,13-14,22,29-30,32H,4-6,11-12,15-21,24-25H2,1-3H3. The first-order chi connectivity index (χ1) is 21.0. The lowest BCUT2D eigenvalue weighted by Crippen LogP contribution is -2.54. The average molecular weight is 590 g/mol. The number of carbonyl (C=O) groups excluding carboxylic acids is 1. The number of nitriles is 1. The number of methoxy groups -OCH3 is 2. The Morgan fingerprint density at radius 3 is 2.19 bits per heavy atom. The van der Waals surface area contributed by atoms with Gasteiger partial charge in [0.05, 0.1) is 25.9 Å². The van der Waals surface area contributed by atoms with Gasteiger partial charge in [-0.3, -0.25) is 14.6 Å². The van der Waals surface area contributed by atoms with Crippen LogP contribution >= 0.6 is 0 Å². The van der Waals surface area contributed by atoms with Gasteiger partial charge in [0.25, 0.3) is 0 Å². The molecule has 3 unspecified atom stereocenters. The smallest absolute Gasteiger partial charge is 0.219 e. The third-order valence-corrected chi connectivity index (χ3v) is 9.40. The van der Waals surface area contributed by atoms with Crippen LogP contribution in [0.25, 0.3) is 0 Å². The number of fused-ring (bicyclic) bond motifs is 2. The van der Waals surface area contributed by atoms with Crippen molar-refractivity contribution in [2.24, 2.45) is 0 Å². The van der Waals surface area contributed by atoms with Crippen LogP contribution in [-0.4, -0.2) is 111 Å². The molecule has 9 heteroatoms. The van der Waals surface area contributed by atoms with Crippen LogP contribution in [-0.2, 0) is 4.79 Å². The van der Waals surface area contributed by atoms with E-state index in [1.165, 1.54) is 19.3 Å². The SMILES string of the molecule is COc1ccc(OC(CCCN2C3CCC2CN(CCCN2CCN(C(C)=O)CC2)C3)c2ccc(C#N)cc2)cc1OC. The number of piperazine rings is 2. The molecule has 232 valence electrons. The third kappa shape index (κ3) is 7.99. The first kappa shape index (κ1) is 31.1. The molecule has 3 saturated heterocycles. The highest BCUT2D eigenvalue weighted by Crippen LogP contribution is 2.35. The molecule has 0 aliphatic carbocycles. The second-order valence-corrected chi connectivity index (χ2v) is 12.1. The van der Waals surface area contributed by atoms with Gasteiger partial charge in [-0.1, -0.05) is 12.1 Å². The lowest BCUT2D eigenvalue weighted by molar-refractivity contribution is -0.130. The van der Waals surface area contributed by atoms with Crippen LogP contribution in [0, 0.1) is 11.3 Å². The molecule has 3 atom stereocenters. The Morgan fingerprint density at radius 1 is 0.884 bits per heavy atom. The lowest BCUT2D eigenvalue weighted by Gasteiger charge is -2.41. The molecule has 0 spiro atoms. The van der Waals surface area contributed by atoms with E-state index in [-0.39, 0.29) is 12.0 Å². The van der Waals surface area contributed by atoms with Crippen molar-refractivity contribution in [1.29, 1.82) is 5.26 Å². The van der Waals surface area contributed by atoms with Crippen molar-refractivity contribution in [3.63, 3.8) is 0 Å². The molecule has 3 fully saturated rings. The maximum absolute atomic E-state index is 11.6. The topological polar surface area (TPSA) is 81.5 Å². The first-order valence-corrected chi connectivity index (χ1v) is 15.8. The highest BCUT2D eigenvalue weighted by Gasteiger charge is 2.39. The van der Waals surface area contributed by atoms with Crippen LogP contribution in [0.5, 0.6) is 17.2 Å². The van der Waals surface area contributed by atoms with Gasteiger partial charge in [0.2, 0.25) is 5.91 Å². The van der Waals surface area contributed by atoms with E-state index in [4.69, 9.17) is 14.2 Å². The van der Waals surface area contributed by atoms with Gasteiger partial charge in [0, 0.05) is 64.3 Å². The highest BCUT2D eigenvalue weighted by molar-refractivity contribution is 5.73. The van der Waals surface area contributed by atoms with Gasteiger partial charge in [-0.05, 0) is 81.6 Å². The van der Waals surface area contributed by atoms with Crippen molar-refractivity contribution in [3.05, 3.63) is 53.6 Å². The number of nitrogens with zero attached hydrogens (tertiary/aromatic N) is 5. The van der Waals surface area contributed by atoms with Crippen molar-refractivity contribution >= 4 is 5.91 Å². The molecule has 3 aliphatic heterocycles. The summed E-state index contributed by atoms with van der Waals surface area (Å²) in [5.41, 5.74) is 1.72. The van der Waals surface area contributed by atoms with E-state index in [2.05, 4.69) is 20.8 Å². The molecule has 3 aliphatic rings. The van der Waals surface area contributed by atoms with E-state index in [1.54, 1.807) is 21.1 Å². The number of hydrogen-bond acceptors (Lipinski definition) is 8. The summed E-state index contributed by atoms with van der Waals surface area (Å²) in [6.07, 6.45) is 5.57. The summed E-state index contributed by atoms with van der Waals surface area (Å²) in [5, 5.41) is 9.27. The minimum atomic E-state index is -0.123. The number of hydrogen-bond donors (Lipinski definition) is 0. The molecule has 2 aromatic carbocycles. The summed E-state index contributed by atoms with van der Waals surface area (Å²) in [5.74, 6) is 2.25. The molecule has 5 rings (SSSR count). The van der Waals surface area contributed by atoms with Gasteiger partial charge in [0.15, 0.2) is 11.5 Å². The lowest BCUT2D eigenvalue weighted by atomic mass is 10.0. The molecule has 0 N–H and O–H groups in total. The van der Waals surface area contributed by atoms with Gasteiger partial charge in [-0.2, -0.15) is 5.26 Å². The minimum absolute atomic E-state index is 0.123. The largest absolute Gasteiger partial charge is 0.493 e. The second-order valence-electron chi connectivity index (χ2n) is 12.1. The van der Waals surface area contributed by atoms with Gasteiger partial charge in [-0.25, -0.2) is 0 Å². The Labute approximate surface area is 256 Å². The predicted molar refractivity (Wildman–Crippen MR) is 167 cm³/mol. The zero-order chi connectivity index (χ0) is 30.2. The number of rotatable bonds is 13. The van der Waals surface area contributed by atoms with E-state index >= 15 is 0 Å². The van der Waals surface area contributed by atoms with Crippen molar-refractivity contribution in [2.75, 3.05) is 73.1 Å². The Morgan fingerprint density at radius 2 is 1.56 bits per heavy atom. The second kappa shape index (κ2) is 14.9. The molecule has 0 aromatic heterocycles. The Balaban J connectivity index is 1.12. The molecule has 3 heterocycles. The van der Waals surface area contributed by atoms with E-state index in [1.807, 2.05) is 47.4 Å². The normalized spacial score (nSPS) is 21.8. The number of amides is 1.